The van der Waals surface area contributed by atoms with E-state index in [0.29, 0.717) is 17.9 Å². The first kappa shape index (κ1) is 26.4. The van der Waals surface area contributed by atoms with Crippen molar-refractivity contribution in [2.75, 3.05) is 6.61 Å². The standard InChI is InChI=1S/C32H27N3O5/c1-2-39-32(38)29-18-26-16-24(12-13-27(26)35-29)25-14-15-33-28(17-25)30(36)34-19-21-8-10-23(11-9-21)31(37)40-20-22-6-4-3-5-7-22/h3-18,35H,2,19-20H2,1H3,(H,34,36). The molecule has 5 aromatic rings. The first-order valence-electron chi connectivity index (χ1n) is 12.8. The first-order valence-corrected chi connectivity index (χ1v) is 12.8. The minimum absolute atomic E-state index is 0.206. The number of nitrogens with one attached hydrogen (secondary N) is 2. The predicted molar refractivity (Wildman–Crippen MR) is 151 cm³/mol. The Hall–Kier alpha value is -5.24. The third-order valence-corrected chi connectivity index (χ3v) is 6.30. The second-order valence-electron chi connectivity index (χ2n) is 9.08. The summed E-state index contributed by atoms with van der Waals surface area (Å²) in [4.78, 5) is 44.5. The van der Waals surface area contributed by atoms with Crippen LogP contribution >= 0.6 is 0 Å². The van der Waals surface area contributed by atoms with Gasteiger partial charge < -0.3 is 19.8 Å². The lowest BCUT2D eigenvalue weighted by Crippen LogP contribution is -2.23. The van der Waals surface area contributed by atoms with Gasteiger partial charge in [-0.1, -0.05) is 48.5 Å². The Kier molecular flexibility index (Phi) is 7.97. The van der Waals surface area contributed by atoms with E-state index in [2.05, 4.69) is 15.3 Å². The number of hydrogen-bond donors (Lipinski definition) is 2. The van der Waals surface area contributed by atoms with Crippen molar-refractivity contribution in [1.29, 1.82) is 0 Å². The van der Waals surface area contributed by atoms with E-state index in [1.165, 1.54) is 0 Å². The van der Waals surface area contributed by atoms with E-state index in [1.807, 2.05) is 54.6 Å². The number of aromatic amines is 1. The summed E-state index contributed by atoms with van der Waals surface area (Å²) in [5.41, 5.74) is 5.37. The number of carbonyl (C=O) groups excluding carboxylic acids is 3. The molecule has 2 aromatic heterocycles. The molecule has 0 saturated heterocycles. The van der Waals surface area contributed by atoms with Crippen molar-refractivity contribution in [3.63, 3.8) is 0 Å². The molecule has 0 aliphatic heterocycles. The Labute approximate surface area is 231 Å². The van der Waals surface area contributed by atoms with Crippen molar-refractivity contribution in [3.05, 3.63) is 125 Å². The summed E-state index contributed by atoms with van der Waals surface area (Å²) < 4.78 is 10.4. The maximum Gasteiger partial charge on any atom is 0.354 e. The molecule has 0 atom stereocenters. The van der Waals surface area contributed by atoms with E-state index in [-0.39, 0.29) is 24.8 Å². The van der Waals surface area contributed by atoms with Crippen LogP contribution in [-0.4, -0.2) is 34.4 Å². The van der Waals surface area contributed by atoms with Crippen molar-refractivity contribution in [2.24, 2.45) is 0 Å². The Morgan fingerprint density at radius 1 is 0.800 bits per heavy atom. The van der Waals surface area contributed by atoms with Gasteiger partial charge >= 0.3 is 11.9 Å². The number of rotatable bonds is 9. The summed E-state index contributed by atoms with van der Waals surface area (Å²) in [5.74, 6) is -1.13. The van der Waals surface area contributed by atoms with Gasteiger partial charge in [-0.15, -0.1) is 0 Å². The highest BCUT2D eigenvalue weighted by Crippen LogP contribution is 2.25. The highest BCUT2D eigenvalue weighted by atomic mass is 16.5. The molecule has 3 aromatic carbocycles. The zero-order chi connectivity index (χ0) is 27.9. The minimum atomic E-state index is -0.407. The Morgan fingerprint density at radius 2 is 1.57 bits per heavy atom. The number of pyridine rings is 1. The molecule has 0 bridgehead atoms. The third kappa shape index (κ3) is 6.24. The molecule has 0 unspecified atom stereocenters. The van der Waals surface area contributed by atoms with E-state index >= 15 is 0 Å². The molecule has 40 heavy (non-hydrogen) atoms. The quantitative estimate of drug-likeness (QED) is 0.236. The lowest BCUT2D eigenvalue weighted by Gasteiger charge is -2.08. The largest absolute Gasteiger partial charge is 0.461 e. The van der Waals surface area contributed by atoms with Gasteiger partial charge in [-0.2, -0.15) is 0 Å². The van der Waals surface area contributed by atoms with Gasteiger partial charge in [0.05, 0.1) is 12.2 Å². The van der Waals surface area contributed by atoms with Gasteiger partial charge in [0.15, 0.2) is 0 Å². The minimum Gasteiger partial charge on any atom is -0.461 e. The van der Waals surface area contributed by atoms with Crippen LogP contribution in [-0.2, 0) is 22.6 Å². The van der Waals surface area contributed by atoms with Crippen molar-refractivity contribution in [2.45, 2.75) is 20.1 Å². The van der Waals surface area contributed by atoms with Crippen LogP contribution in [0.2, 0.25) is 0 Å². The summed E-state index contributed by atoms with van der Waals surface area (Å²) in [7, 11) is 0. The SMILES string of the molecule is CCOC(=O)c1cc2cc(-c3ccnc(C(=O)NCc4ccc(C(=O)OCc5ccccc5)cc4)c3)ccc2[nH]1. The molecule has 200 valence electrons. The first-order chi connectivity index (χ1) is 19.5. The van der Waals surface area contributed by atoms with E-state index < -0.39 is 11.9 Å². The Bertz CT molecular complexity index is 1660. The number of esters is 2. The van der Waals surface area contributed by atoms with Crippen LogP contribution in [0.4, 0.5) is 0 Å². The Morgan fingerprint density at radius 3 is 2.35 bits per heavy atom. The molecule has 0 fully saturated rings. The highest BCUT2D eigenvalue weighted by Gasteiger charge is 2.13. The number of aromatic nitrogens is 2. The summed E-state index contributed by atoms with van der Waals surface area (Å²) in [6.07, 6.45) is 1.59. The van der Waals surface area contributed by atoms with Crippen molar-refractivity contribution in [3.8, 4) is 11.1 Å². The van der Waals surface area contributed by atoms with Crippen LogP contribution in [0.5, 0.6) is 0 Å². The monoisotopic (exact) mass is 533 g/mol. The number of hydrogen-bond acceptors (Lipinski definition) is 6. The maximum atomic E-state index is 12.8. The zero-order valence-electron chi connectivity index (χ0n) is 21.8. The molecule has 5 rings (SSSR count). The van der Waals surface area contributed by atoms with Gasteiger partial charge in [0, 0.05) is 23.6 Å². The van der Waals surface area contributed by atoms with Crippen LogP contribution in [0.25, 0.3) is 22.0 Å². The third-order valence-electron chi connectivity index (χ3n) is 6.30. The number of H-pyrrole nitrogens is 1. The fraction of sp³-hybridized carbons (Fsp3) is 0.125. The average molecular weight is 534 g/mol. The molecule has 8 nitrogen and oxygen atoms in total. The molecule has 0 radical (unpaired) electrons. The van der Waals surface area contributed by atoms with Crippen molar-refractivity contribution < 1.29 is 23.9 Å². The number of ether oxygens (including phenoxy) is 2. The number of benzene rings is 3. The summed E-state index contributed by atoms with van der Waals surface area (Å²) in [5, 5.41) is 3.73. The van der Waals surface area contributed by atoms with Gasteiger partial charge in [0.25, 0.3) is 5.91 Å². The second kappa shape index (κ2) is 12.1. The van der Waals surface area contributed by atoms with Crippen LogP contribution < -0.4 is 5.32 Å². The number of fused-ring (bicyclic) bond motifs is 1. The molecule has 2 N–H and O–H groups in total. The molecule has 0 saturated carbocycles. The van der Waals surface area contributed by atoms with Crippen molar-refractivity contribution in [1.82, 2.24) is 15.3 Å². The van der Waals surface area contributed by atoms with Crippen LogP contribution in [0.1, 0.15) is 49.4 Å². The van der Waals surface area contributed by atoms with E-state index in [1.54, 1.807) is 49.5 Å². The second-order valence-corrected chi connectivity index (χ2v) is 9.08. The smallest absolute Gasteiger partial charge is 0.354 e. The fourth-order valence-electron chi connectivity index (χ4n) is 4.20. The normalized spacial score (nSPS) is 10.7. The summed E-state index contributed by atoms with van der Waals surface area (Å²) >= 11 is 0. The van der Waals surface area contributed by atoms with Crippen LogP contribution in [0, 0.1) is 0 Å². The zero-order valence-corrected chi connectivity index (χ0v) is 21.8. The molecule has 0 spiro atoms. The molecular weight excluding hydrogens is 506 g/mol. The van der Waals surface area contributed by atoms with Gasteiger partial charge in [0.1, 0.15) is 18.0 Å². The van der Waals surface area contributed by atoms with Crippen molar-refractivity contribution >= 4 is 28.7 Å². The summed E-state index contributed by atoms with van der Waals surface area (Å²) in [6, 6.07) is 27.4. The van der Waals surface area contributed by atoms with Crippen LogP contribution in [0.15, 0.2) is 97.2 Å². The van der Waals surface area contributed by atoms with Gasteiger partial charge in [-0.3, -0.25) is 9.78 Å². The van der Waals surface area contributed by atoms with E-state index in [0.717, 1.165) is 33.2 Å². The highest BCUT2D eigenvalue weighted by molar-refractivity contribution is 5.97. The Balaban J connectivity index is 1.20. The lowest BCUT2D eigenvalue weighted by atomic mass is 10.0. The number of nitrogens with zero attached hydrogens (tertiary/aromatic N) is 1. The van der Waals surface area contributed by atoms with E-state index in [4.69, 9.17) is 9.47 Å². The van der Waals surface area contributed by atoms with Gasteiger partial charge in [-0.05, 0) is 71.6 Å². The topological polar surface area (TPSA) is 110 Å². The van der Waals surface area contributed by atoms with E-state index in [9.17, 15) is 14.4 Å². The maximum absolute atomic E-state index is 12.8. The molecule has 0 aliphatic rings. The average Bonchev–Trinajstić information content (AvgIpc) is 3.43. The fourth-order valence-corrected chi connectivity index (χ4v) is 4.20. The molecule has 1 amide bonds. The molecule has 0 aliphatic carbocycles. The lowest BCUT2D eigenvalue weighted by molar-refractivity contribution is 0.0471. The number of carbonyl (C=O) groups is 3. The molecular formula is C32H27N3O5. The predicted octanol–water partition coefficient (Wildman–Crippen LogP) is 5.69. The van der Waals surface area contributed by atoms with Crippen LogP contribution in [0.3, 0.4) is 0 Å². The van der Waals surface area contributed by atoms with Gasteiger partial charge in [-0.25, -0.2) is 9.59 Å². The molecule has 8 heteroatoms. The summed E-state index contributed by atoms with van der Waals surface area (Å²) in [6.45, 7) is 2.54. The molecule has 2 heterocycles. The van der Waals surface area contributed by atoms with Gasteiger partial charge in [0.2, 0.25) is 0 Å². The number of amides is 1.